The van der Waals surface area contributed by atoms with E-state index in [0.29, 0.717) is 16.3 Å². The summed E-state index contributed by atoms with van der Waals surface area (Å²) in [4.78, 5) is 11.7. The lowest BCUT2D eigenvalue weighted by atomic mass is 10.2. The van der Waals surface area contributed by atoms with Crippen molar-refractivity contribution in [1.82, 2.24) is 0 Å². The predicted octanol–water partition coefficient (Wildman–Crippen LogP) is 3.85. The number of para-hydroxylation sites is 1. The Balaban J connectivity index is 1.98. The van der Waals surface area contributed by atoms with Gasteiger partial charge in [-0.2, -0.15) is 5.26 Å². The van der Waals surface area contributed by atoms with Crippen LogP contribution in [0.3, 0.4) is 0 Å². The highest BCUT2D eigenvalue weighted by molar-refractivity contribution is 6.35. The molecular formula is C15H9Cl2NO3. The van der Waals surface area contributed by atoms with E-state index in [1.807, 2.05) is 6.07 Å². The minimum absolute atomic E-state index is 0.197. The van der Waals surface area contributed by atoms with Crippen molar-refractivity contribution in [3.63, 3.8) is 0 Å². The normalized spacial score (nSPS) is 9.76. The quantitative estimate of drug-likeness (QED) is 0.634. The molecule has 2 aromatic rings. The summed E-state index contributed by atoms with van der Waals surface area (Å²) in [7, 11) is 0. The molecule has 2 rings (SSSR count). The zero-order valence-electron chi connectivity index (χ0n) is 10.7. The average Bonchev–Trinajstić information content (AvgIpc) is 2.48. The highest BCUT2D eigenvalue weighted by atomic mass is 35.5. The average molecular weight is 322 g/mol. The predicted molar refractivity (Wildman–Crippen MR) is 78.7 cm³/mol. The molecule has 0 fully saturated rings. The molecule has 0 atom stereocenters. The van der Waals surface area contributed by atoms with Gasteiger partial charge in [-0.1, -0.05) is 35.3 Å². The van der Waals surface area contributed by atoms with Gasteiger partial charge < -0.3 is 9.47 Å². The molecule has 0 bridgehead atoms. The number of hydrogen-bond donors (Lipinski definition) is 0. The molecule has 2 aromatic carbocycles. The van der Waals surface area contributed by atoms with Crippen LogP contribution < -0.4 is 9.47 Å². The Labute approximate surface area is 131 Å². The van der Waals surface area contributed by atoms with Crippen LogP contribution in [-0.4, -0.2) is 12.6 Å². The second-order valence-corrected chi connectivity index (χ2v) is 4.79. The SMILES string of the molecule is N#Cc1ccccc1OCC(=O)Oc1ccc(Cl)cc1Cl. The van der Waals surface area contributed by atoms with Gasteiger partial charge in [0.2, 0.25) is 0 Å². The maximum Gasteiger partial charge on any atom is 0.349 e. The van der Waals surface area contributed by atoms with Gasteiger partial charge in [-0.15, -0.1) is 0 Å². The summed E-state index contributed by atoms with van der Waals surface area (Å²) < 4.78 is 10.3. The van der Waals surface area contributed by atoms with Crippen LogP contribution in [0.2, 0.25) is 10.0 Å². The fourth-order valence-corrected chi connectivity index (χ4v) is 1.98. The van der Waals surface area contributed by atoms with Crippen LogP contribution in [0.1, 0.15) is 5.56 Å². The van der Waals surface area contributed by atoms with Crippen LogP contribution in [0.25, 0.3) is 0 Å². The van der Waals surface area contributed by atoms with Crippen molar-refractivity contribution in [2.75, 3.05) is 6.61 Å². The molecule has 0 radical (unpaired) electrons. The Bertz CT molecular complexity index is 710. The van der Waals surface area contributed by atoms with Crippen molar-refractivity contribution >= 4 is 29.2 Å². The summed E-state index contributed by atoms with van der Waals surface area (Å²) in [5.74, 6) is -0.116. The molecule has 0 N–H and O–H groups in total. The Morgan fingerprint density at radius 3 is 2.62 bits per heavy atom. The molecule has 4 nitrogen and oxygen atoms in total. The molecular weight excluding hydrogens is 313 g/mol. The van der Waals surface area contributed by atoms with Gasteiger partial charge in [0, 0.05) is 5.02 Å². The number of halogens is 2. The van der Waals surface area contributed by atoms with E-state index in [1.54, 1.807) is 30.3 Å². The maximum atomic E-state index is 11.7. The Hall–Kier alpha value is -2.22. The number of benzene rings is 2. The monoisotopic (exact) mass is 321 g/mol. The number of nitriles is 1. The first-order valence-corrected chi connectivity index (χ1v) is 6.63. The second kappa shape index (κ2) is 6.98. The van der Waals surface area contributed by atoms with Crippen LogP contribution in [0.15, 0.2) is 42.5 Å². The molecule has 0 heterocycles. The number of rotatable bonds is 4. The fourth-order valence-electron chi connectivity index (χ4n) is 1.53. The third kappa shape index (κ3) is 4.12. The maximum absolute atomic E-state index is 11.7. The number of esters is 1. The summed E-state index contributed by atoms with van der Waals surface area (Å²) in [5.41, 5.74) is 0.342. The highest BCUT2D eigenvalue weighted by Gasteiger charge is 2.11. The van der Waals surface area contributed by atoms with Crippen LogP contribution in [0.5, 0.6) is 11.5 Å². The van der Waals surface area contributed by atoms with Crippen molar-refractivity contribution in [3.8, 4) is 17.6 Å². The Morgan fingerprint density at radius 1 is 1.14 bits per heavy atom. The van der Waals surface area contributed by atoms with E-state index < -0.39 is 5.97 Å². The molecule has 21 heavy (non-hydrogen) atoms. The molecule has 0 spiro atoms. The van der Waals surface area contributed by atoms with Crippen molar-refractivity contribution in [1.29, 1.82) is 5.26 Å². The largest absolute Gasteiger partial charge is 0.481 e. The third-order valence-electron chi connectivity index (χ3n) is 2.47. The molecule has 0 unspecified atom stereocenters. The van der Waals surface area contributed by atoms with Crippen molar-refractivity contribution in [2.45, 2.75) is 0 Å². The molecule has 6 heteroatoms. The highest BCUT2D eigenvalue weighted by Crippen LogP contribution is 2.27. The lowest BCUT2D eigenvalue weighted by Crippen LogP contribution is -2.18. The third-order valence-corrected chi connectivity index (χ3v) is 3.00. The van der Waals surface area contributed by atoms with Crippen LogP contribution >= 0.6 is 23.2 Å². The molecule has 0 saturated carbocycles. The molecule has 0 amide bonds. The topological polar surface area (TPSA) is 59.3 Å². The van der Waals surface area contributed by atoms with E-state index in [0.717, 1.165) is 0 Å². The summed E-state index contributed by atoms with van der Waals surface area (Å²) >= 11 is 11.6. The Kier molecular flexibility index (Phi) is 5.04. The van der Waals surface area contributed by atoms with E-state index in [4.69, 9.17) is 37.9 Å². The van der Waals surface area contributed by atoms with E-state index in [9.17, 15) is 4.79 Å². The van der Waals surface area contributed by atoms with Gasteiger partial charge in [0.25, 0.3) is 0 Å². The number of ether oxygens (including phenoxy) is 2. The second-order valence-electron chi connectivity index (χ2n) is 3.95. The lowest BCUT2D eigenvalue weighted by molar-refractivity contribution is -0.136. The van der Waals surface area contributed by atoms with Crippen molar-refractivity contribution in [2.24, 2.45) is 0 Å². The molecule has 0 aromatic heterocycles. The summed E-state index contributed by atoms with van der Waals surface area (Å²) in [5, 5.41) is 9.58. The van der Waals surface area contributed by atoms with Gasteiger partial charge in [-0.25, -0.2) is 4.79 Å². The first-order valence-electron chi connectivity index (χ1n) is 5.88. The molecule has 0 aliphatic rings. The number of hydrogen-bond acceptors (Lipinski definition) is 4. The first-order chi connectivity index (χ1) is 10.1. The number of carbonyl (C=O) groups is 1. The molecule has 0 aliphatic carbocycles. The fraction of sp³-hybridized carbons (Fsp3) is 0.0667. The van der Waals surface area contributed by atoms with Crippen LogP contribution in [-0.2, 0) is 4.79 Å². The first kappa shape index (κ1) is 15.2. The summed E-state index contributed by atoms with van der Waals surface area (Å²) in [6.07, 6.45) is 0. The molecule has 0 saturated heterocycles. The molecule has 0 aliphatic heterocycles. The number of nitrogens with zero attached hydrogens (tertiary/aromatic N) is 1. The van der Waals surface area contributed by atoms with Crippen LogP contribution in [0.4, 0.5) is 0 Å². The smallest absolute Gasteiger partial charge is 0.349 e. The number of carbonyl (C=O) groups excluding carboxylic acids is 1. The molecule has 106 valence electrons. The standard InChI is InChI=1S/C15H9Cl2NO3/c16-11-5-6-14(12(17)7-11)21-15(19)9-20-13-4-2-1-3-10(13)8-18/h1-7H,9H2. The van der Waals surface area contributed by atoms with Gasteiger partial charge in [0.1, 0.15) is 17.6 Å². The van der Waals surface area contributed by atoms with Gasteiger partial charge in [-0.05, 0) is 30.3 Å². The van der Waals surface area contributed by atoms with Gasteiger partial charge >= 0.3 is 5.97 Å². The summed E-state index contributed by atoms with van der Waals surface area (Å²) in [6, 6.07) is 13.1. The Morgan fingerprint density at radius 2 is 1.90 bits per heavy atom. The van der Waals surface area contributed by atoms with Crippen molar-refractivity contribution < 1.29 is 14.3 Å². The minimum Gasteiger partial charge on any atom is -0.481 e. The van der Waals surface area contributed by atoms with Crippen molar-refractivity contribution in [3.05, 3.63) is 58.1 Å². The zero-order chi connectivity index (χ0) is 15.2. The van der Waals surface area contributed by atoms with Gasteiger partial charge in [0.05, 0.1) is 10.6 Å². The van der Waals surface area contributed by atoms with Gasteiger partial charge in [0.15, 0.2) is 6.61 Å². The van der Waals surface area contributed by atoms with E-state index in [-0.39, 0.29) is 17.4 Å². The lowest BCUT2D eigenvalue weighted by Gasteiger charge is -2.08. The van der Waals surface area contributed by atoms with Crippen LogP contribution in [0, 0.1) is 11.3 Å². The van der Waals surface area contributed by atoms with E-state index in [1.165, 1.54) is 12.1 Å². The van der Waals surface area contributed by atoms with E-state index >= 15 is 0 Å². The summed E-state index contributed by atoms with van der Waals surface area (Å²) in [6.45, 7) is -0.336. The van der Waals surface area contributed by atoms with E-state index in [2.05, 4.69) is 0 Å². The minimum atomic E-state index is -0.632. The van der Waals surface area contributed by atoms with Gasteiger partial charge in [-0.3, -0.25) is 0 Å². The zero-order valence-corrected chi connectivity index (χ0v) is 12.2.